The number of sulfonamides is 1. The van der Waals surface area contributed by atoms with Gasteiger partial charge in [0.2, 0.25) is 21.8 Å². The number of amides is 2. The second-order valence-corrected chi connectivity index (χ2v) is 8.25. The summed E-state index contributed by atoms with van der Waals surface area (Å²) < 4.78 is 66.7. The summed E-state index contributed by atoms with van der Waals surface area (Å²) in [6.07, 6.45) is 0.385. The minimum absolute atomic E-state index is 0.0105. The maximum atomic E-state index is 13.7. The monoisotopic (exact) mass is 443 g/mol. The van der Waals surface area contributed by atoms with Crippen LogP contribution in [0.2, 0.25) is 0 Å². The first-order valence-corrected chi connectivity index (χ1v) is 10.3. The van der Waals surface area contributed by atoms with Gasteiger partial charge in [-0.2, -0.15) is 4.31 Å². The van der Waals surface area contributed by atoms with Gasteiger partial charge in [-0.3, -0.25) is 9.59 Å². The fourth-order valence-electron chi connectivity index (χ4n) is 2.57. The molecule has 0 unspecified atom stereocenters. The fraction of sp³-hybridized carbons (Fsp3) is 0.263. The van der Waals surface area contributed by atoms with Gasteiger partial charge in [-0.1, -0.05) is 6.92 Å². The quantitative estimate of drug-likeness (QED) is 0.613. The molecule has 2 aromatic rings. The van der Waals surface area contributed by atoms with Gasteiger partial charge in [0.25, 0.3) is 0 Å². The van der Waals surface area contributed by atoms with Crippen LogP contribution in [0.3, 0.4) is 0 Å². The highest BCUT2D eigenvalue weighted by Crippen LogP contribution is 2.21. The molecular formula is C19H20F3N3O4S. The van der Waals surface area contributed by atoms with Crippen molar-refractivity contribution in [1.29, 1.82) is 0 Å². The Labute approximate surface area is 171 Å². The van der Waals surface area contributed by atoms with E-state index in [1.807, 2.05) is 5.32 Å². The van der Waals surface area contributed by atoms with Crippen molar-refractivity contribution < 1.29 is 31.2 Å². The molecule has 11 heteroatoms. The van der Waals surface area contributed by atoms with Crippen molar-refractivity contribution in [3.8, 4) is 0 Å². The SMILES string of the molecule is CCCN(CC(=O)Nc1ccc(F)c(F)c1F)S(=O)(=O)c1ccc(NC(C)=O)cc1. The molecule has 2 aromatic carbocycles. The van der Waals surface area contributed by atoms with Crippen LogP contribution in [0, 0.1) is 17.5 Å². The van der Waals surface area contributed by atoms with E-state index in [1.165, 1.54) is 31.2 Å². The van der Waals surface area contributed by atoms with Crippen LogP contribution in [-0.4, -0.2) is 37.6 Å². The van der Waals surface area contributed by atoms with Crippen molar-refractivity contribution in [2.75, 3.05) is 23.7 Å². The zero-order valence-corrected chi connectivity index (χ0v) is 17.0. The standard InChI is InChI=1S/C19H20F3N3O4S/c1-3-10-25(11-17(27)24-16-9-8-15(20)18(21)19(16)22)30(28,29)14-6-4-13(5-7-14)23-12(2)26/h4-9H,3,10-11H2,1-2H3,(H,23,26)(H,24,27). The van der Waals surface area contributed by atoms with E-state index in [2.05, 4.69) is 5.32 Å². The molecule has 0 aliphatic rings. The summed E-state index contributed by atoms with van der Waals surface area (Å²) in [7, 11) is -4.09. The van der Waals surface area contributed by atoms with Gasteiger partial charge in [-0.25, -0.2) is 21.6 Å². The van der Waals surface area contributed by atoms with Crippen molar-refractivity contribution in [1.82, 2.24) is 4.31 Å². The molecule has 0 aliphatic heterocycles. The molecule has 0 bridgehead atoms. The molecule has 0 fully saturated rings. The molecular weight excluding hydrogens is 423 g/mol. The molecule has 0 saturated heterocycles. The summed E-state index contributed by atoms with van der Waals surface area (Å²) in [5.41, 5.74) is -0.206. The Morgan fingerprint density at radius 1 is 0.967 bits per heavy atom. The van der Waals surface area contributed by atoms with E-state index < -0.39 is 45.6 Å². The van der Waals surface area contributed by atoms with Gasteiger partial charge in [0.05, 0.1) is 17.1 Å². The van der Waals surface area contributed by atoms with Crippen LogP contribution in [0.25, 0.3) is 0 Å². The zero-order chi connectivity index (χ0) is 22.5. The van der Waals surface area contributed by atoms with Crippen LogP contribution in [0.1, 0.15) is 20.3 Å². The Hall–Kier alpha value is -2.92. The van der Waals surface area contributed by atoms with Crippen LogP contribution < -0.4 is 10.6 Å². The number of carbonyl (C=O) groups is 2. The Morgan fingerprint density at radius 3 is 2.17 bits per heavy atom. The molecule has 7 nitrogen and oxygen atoms in total. The molecule has 0 aromatic heterocycles. The fourth-order valence-corrected chi connectivity index (χ4v) is 4.06. The smallest absolute Gasteiger partial charge is 0.243 e. The molecule has 0 spiro atoms. The first-order valence-electron chi connectivity index (χ1n) is 8.87. The zero-order valence-electron chi connectivity index (χ0n) is 16.2. The third-order valence-electron chi connectivity index (χ3n) is 3.91. The lowest BCUT2D eigenvalue weighted by molar-refractivity contribution is -0.116. The average molecular weight is 443 g/mol. The lowest BCUT2D eigenvalue weighted by Crippen LogP contribution is -2.38. The average Bonchev–Trinajstić information content (AvgIpc) is 2.68. The second-order valence-electron chi connectivity index (χ2n) is 6.32. The lowest BCUT2D eigenvalue weighted by atomic mass is 10.2. The number of hydrogen-bond donors (Lipinski definition) is 2. The first-order chi connectivity index (χ1) is 14.1. The number of rotatable bonds is 8. The molecule has 2 N–H and O–H groups in total. The molecule has 0 radical (unpaired) electrons. The number of benzene rings is 2. The van der Waals surface area contributed by atoms with Gasteiger partial charge in [0, 0.05) is 19.2 Å². The molecule has 0 heterocycles. The minimum atomic E-state index is -4.09. The number of hydrogen-bond acceptors (Lipinski definition) is 4. The number of halogens is 3. The molecule has 2 amide bonds. The van der Waals surface area contributed by atoms with Gasteiger partial charge < -0.3 is 10.6 Å². The van der Waals surface area contributed by atoms with E-state index in [9.17, 15) is 31.2 Å². The highest BCUT2D eigenvalue weighted by molar-refractivity contribution is 7.89. The maximum Gasteiger partial charge on any atom is 0.243 e. The molecule has 162 valence electrons. The highest BCUT2D eigenvalue weighted by atomic mass is 32.2. The molecule has 2 rings (SSSR count). The van der Waals surface area contributed by atoms with Gasteiger partial charge >= 0.3 is 0 Å². The molecule has 0 atom stereocenters. The number of nitrogens with one attached hydrogen (secondary N) is 2. The summed E-state index contributed by atoms with van der Waals surface area (Å²) in [6, 6.07) is 6.83. The Balaban J connectivity index is 2.20. The predicted molar refractivity (Wildman–Crippen MR) is 105 cm³/mol. The van der Waals surface area contributed by atoms with Crippen molar-refractivity contribution in [3.63, 3.8) is 0 Å². The molecule has 0 saturated carbocycles. The number of nitrogens with zero attached hydrogens (tertiary/aromatic N) is 1. The van der Waals surface area contributed by atoms with Gasteiger partial charge in [0.15, 0.2) is 17.5 Å². The van der Waals surface area contributed by atoms with E-state index in [4.69, 9.17) is 0 Å². The van der Waals surface area contributed by atoms with Crippen LogP contribution in [0.5, 0.6) is 0 Å². The third-order valence-corrected chi connectivity index (χ3v) is 5.77. The highest BCUT2D eigenvalue weighted by Gasteiger charge is 2.26. The van der Waals surface area contributed by atoms with Crippen LogP contribution in [0.15, 0.2) is 41.3 Å². The molecule has 0 aliphatic carbocycles. The summed E-state index contributed by atoms with van der Waals surface area (Å²) in [4.78, 5) is 23.2. The summed E-state index contributed by atoms with van der Waals surface area (Å²) in [5, 5.41) is 4.55. The van der Waals surface area contributed by atoms with Crippen molar-refractivity contribution in [2.45, 2.75) is 25.2 Å². The largest absolute Gasteiger partial charge is 0.326 e. The Kier molecular flexibility index (Phi) is 7.57. The molecule has 30 heavy (non-hydrogen) atoms. The van der Waals surface area contributed by atoms with Crippen molar-refractivity contribution in [2.24, 2.45) is 0 Å². The van der Waals surface area contributed by atoms with Gasteiger partial charge in [-0.05, 0) is 42.8 Å². The van der Waals surface area contributed by atoms with E-state index in [1.54, 1.807) is 6.92 Å². The summed E-state index contributed by atoms with van der Waals surface area (Å²) >= 11 is 0. The maximum absolute atomic E-state index is 13.7. The van der Waals surface area contributed by atoms with Crippen molar-refractivity contribution >= 4 is 33.2 Å². The summed E-state index contributed by atoms with van der Waals surface area (Å²) in [5.74, 6) is -5.98. The van der Waals surface area contributed by atoms with Crippen LogP contribution >= 0.6 is 0 Å². The number of carbonyl (C=O) groups excluding carboxylic acids is 2. The second kappa shape index (κ2) is 9.72. The van der Waals surface area contributed by atoms with Crippen molar-refractivity contribution in [3.05, 3.63) is 53.8 Å². The van der Waals surface area contributed by atoms with Gasteiger partial charge in [0.1, 0.15) is 0 Å². The third kappa shape index (κ3) is 5.57. The lowest BCUT2D eigenvalue weighted by Gasteiger charge is -2.21. The van der Waals surface area contributed by atoms with E-state index >= 15 is 0 Å². The van der Waals surface area contributed by atoms with E-state index in [0.717, 1.165) is 10.4 Å². The van der Waals surface area contributed by atoms with Gasteiger partial charge in [-0.15, -0.1) is 0 Å². The normalized spacial score (nSPS) is 11.4. The topological polar surface area (TPSA) is 95.6 Å². The van der Waals surface area contributed by atoms with E-state index in [-0.39, 0.29) is 17.3 Å². The van der Waals surface area contributed by atoms with Crippen LogP contribution in [-0.2, 0) is 19.6 Å². The minimum Gasteiger partial charge on any atom is -0.326 e. The van der Waals surface area contributed by atoms with Crippen LogP contribution in [0.4, 0.5) is 24.5 Å². The Bertz CT molecular complexity index is 1040. The van der Waals surface area contributed by atoms with E-state index in [0.29, 0.717) is 18.2 Å². The Morgan fingerprint density at radius 2 is 1.60 bits per heavy atom. The number of anilines is 2. The summed E-state index contributed by atoms with van der Waals surface area (Å²) in [6.45, 7) is 2.34. The predicted octanol–water partition coefficient (Wildman–Crippen LogP) is 3.10. The first kappa shape index (κ1) is 23.4.